The summed E-state index contributed by atoms with van der Waals surface area (Å²) >= 11 is 0. The molecule has 0 amide bonds. The largest absolute Gasteiger partial charge is 0.494 e. The van der Waals surface area contributed by atoms with Gasteiger partial charge < -0.3 is 10.5 Å². The smallest absolute Gasteiger partial charge is 0.179 e. The SMILES string of the molecule is COc1ccc(Cc2nnn(CCN)n2)cc1F. The van der Waals surface area contributed by atoms with E-state index in [2.05, 4.69) is 15.4 Å². The number of halogens is 1. The minimum atomic E-state index is -0.399. The molecule has 0 saturated carbocycles. The van der Waals surface area contributed by atoms with Crippen molar-refractivity contribution in [3.63, 3.8) is 0 Å². The number of hydrogen-bond donors (Lipinski definition) is 1. The second kappa shape index (κ2) is 5.54. The molecule has 0 aliphatic carbocycles. The van der Waals surface area contributed by atoms with Gasteiger partial charge in [0.1, 0.15) is 0 Å². The minimum Gasteiger partial charge on any atom is -0.494 e. The Labute approximate surface area is 104 Å². The minimum absolute atomic E-state index is 0.221. The molecule has 1 aromatic carbocycles. The average Bonchev–Trinajstić information content (AvgIpc) is 2.77. The lowest BCUT2D eigenvalue weighted by atomic mass is 10.1. The molecule has 0 radical (unpaired) electrons. The van der Waals surface area contributed by atoms with Crippen LogP contribution in [0.2, 0.25) is 0 Å². The van der Waals surface area contributed by atoms with Crippen LogP contribution < -0.4 is 10.5 Å². The van der Waals surface area contributed by atoms with Crippen LogP contribution in [0.15, 0.2) is 18.2 Å². The van der Waals surface area contributed by atoms with Crippen LogP contribution in [0, 0.1) is 5.82 Å². The first-order valence-electron chi connectivity index (χ1n) is 5.52. The van der Waals surface area contributed by atoms with Gasteiger partial charge in [-0.2, -0.15) is 4.80 Å². The Hall–Kier alpha value is -2.02. The monoisotopic (exact) mass is 251 g/mol. The zero-order chi connectivity index (χ0) is 13.0. The van der Waals surface area contributed by atoms with Gasteiger partial charge in [-0.1, -0.05) is 6.07 Å². The summed E-state index contributed by atoms with van der Waals surface area (Å²) < 4.78 is 18.3. The molecule has 0 unspecified atom stereocenters. The predicted molar refractivity (Wildman–Crippen MR) is 62.6 cm³/mol. The van der Waals surface area contributed by atoms with Crippen molar-refractivity contribution in [1.82, 2.24) is 20.2 Å². The fourth-order valence-corrected chi connectivity index (χ4v) is 1.56. The molecular weight excluding hydrogens is 237 g/mol. The van der Waals surface area contributed by atoms with E-state index in [4.69, 9.17) is 10.5 Å². The predicted octanol–water partition coefficient (Wildman–Crippen LogP) is 0.370. The van der Waals surface area contributed by atoms with Crippen LogP contribution in [0.5, 0.6) is 5.75 Å². The van der Waals surface area contributed by atoms with Gasteiger partial charge in [0, 0.05) is 13.0 Å². The molecule has 2 N–H and O–H groups in total. The summed E-state index contributed by atoms with van der Waals surface area (Å²) in [5, 5.41) is 11.8. The van der Waals surface area contributed by atoms with Crippen molar-refractivity contribution >= 4 is 0 Å². The Balaban J connectivity index is 2.10. The fourth-order valence-electron chi connectivity index (χ4n) is 1.56. The third-order valence-electron chi connectivity index (χ3n) is 2.40. The van der Waals surface area contributed by atoms with E-state index in [-0.39, 0.29) is 5.75 Å². The first kappa shape index (κ1) is 12.4. The molecule has 0 saturated heterocycles. The Morgan fingerprint density at radius 1 is 1.44 bits per heavy atom. The molecule has 1 heterocycles. The molecule has 0 spiro atoms. The molecule has 6 nitrogen and oxygen atoms in total. The van der Waals surface area contributed by atoms with E-state index in [9.17, 15) is 4.39 Å². The van der Waals surface area contributed by atoms with Crippen LogP contribution in [0.3, 0.4) is 0 Å². The fraction of sp³-hybridized carbons (Fsp3) is 0.364. The highest BCUT2D eigenvalue weighted by Gasteiger charge is 2.07. The van der Waals surface area contributed by atoms with E-state index in [0.29, 0.717) is 25.3 Å². The van der Waals surface area contributed by atoms with Crippen molar-refractivity contribution in [1.29, 1.82) is 0 Å². The summed E-state index contributed by atoms with van der Waals surface area (Å²) in [6.07, 6.45) is 0.422. The van der Waals surface area contributed by atoms with E-state index in [1.807, 2.05) is 0 Å². The molecule has 0 fully saturated rings. The molecule has 0 aliphatic heterocycles. The Morgan fingerprint density at radius 3 is 2.94 bits per heavy atom. The number of benzene rings is 1. The maximum atomic E-state index is 13.5. The third kappa shape index (κ3) is 2.80. The lowest BCUT2D eigenvalue weighted by Crippen LogP contribution is -2.12. The molecule has 2 rings (SSSR count). The molecule has 2 aromatic rings. The van der Waals surface area contributed by atoms with Gasteiger partial charge in [0.25, 0.3) is 0 Å². The number of aromatic nitrogens is 4. The van der Waals surface area contributed by atoms with Gasteiger partial charge >= 0.3 is 0 Å². The highest BCUT2D eigenvalue weighted by molar-refractivity contribution is 5.30. The van der Waals surface area contributed by atoms with Crippen molar-refractivity contribution in [2.75, 3.05) is 13.7 Å². The van der Waals surface area contributed by atoms with Gasteiger partial charge in [0.2, 0.25) is 0 Å². The van der Waals surface area contributed by atoms with Crippen LogP contribution in [0.1, 0.15) is 11.4 Å². The maximum absolute atomic E-state index is 13.5. The number of hydrogen-bond acceptors (Lipinski definition) is 5. The Morgan fingerprint density at radius 2 is 2.28 bits per heavy atom. The van der Waals surface area contributed by atoms with Crippen molar-refractivity contribution in [2.24, 2.45) is 5.73 Å². The summed E-state index contributed by atoms with van der Waals surface area (Å²) in [5.74, 6) is 0.357. The average molecular weight is 251 g/mol. The van der Waals surface area contributed by atoms with E-state index in [1.54, 1.807) is 12.1 Å². The summed E-state index contributed by atoms with van der Waals surface area (Å²) in [4.78, 5) is 1.43. The van der Waals surface area contributed by atoms with Crippen molar-refractivity contribution < 1.29 is 9.13 Å². The van der Waals surface area contributed by atoms with Crippen LogP contribution in [-0.4, -0.2) is 33.9 Å². The lowest BCUT2D eigenvalue weighted by molar-refractivity contribution is 0.386. The number of methoxy groups -OCH3 is 1. The number of nitrogens with zero attached hydrogens (tertiary/aromatic N) is 4. The van der Waals surface area contributed by atoms with Crippen molar-refractivity contribution in [3.8, 4) is 5.75 Å². The van der Waals surface area contributed by atoms with E-state index < -0.39 is 5.82 Å². The van der Waals surface area contributed by atoms with E-state index in [0.717, 1.165) is 5.56 Å². The molecule has 18 heavy (non-hydrogen) atoms. The van der Waals surface area contributed by atoms with Crippen LogP contribution in [0.25, 0.3) is 0 Å². The van der Waals surface area contributed by atoms with E-state index in [1.165, 1.54) is 18.0 Å². The van der Waals surface area contributed by atoms with Crippen LogP contribution in [-0.2, 0) is 13.0 Å². The summed E-state index contributed by atoms with van der Waals surface area (Å²) in [6.45, 7) is 0.969. The second-order valence-electron chi connectivity index (χ2n) is 3.74. The molecule has 0 bridgehead atoms. The second-order valence-corrected chi connectivity index (χ2v) is 3.74. The molecule has 1 aromatic heterocycles. The molecule has 7 heteroatoms. The molecular formula is C11H14FN5O. The normalized spacial score (nSPS) is 10.6. The number of ether oxygens (including phenoxy) is 1. The molecule has 0 aliphatic rings. The van der Waals surface area contributed by atoms with Gasteiger partial charge in [-0.25, -0.2) is 4.39 Å². The highest BCUT2D eigenvalue weighted by Crippen LogP contribution is 2.18. The van der Waals surface area contributed by atoms with Gasteiger partial charge in [0.15, 0.2) is 17.4 Å². The Kier molecular flexibility index (Phi) is 3.83. The maximum Gasteiger partial charge on any atom is 0.179 e. The number of nitrogens with two attached hydrogens (primary N) is 1. The number of rotatable bonds is 5. The zero-order valence-corrected chi connectivity index (χ0v) is 10.0. The van der Waals surface area contributed by atoms with E-state index >= 15 is 0 Å². The Bertz CT molecular complexity index is 528. The van der Waals surface area contributed by atoms with Crippen molar-refractivity contribution in [3.05, 3.63) is 35.4 Å². The number of tetrazole rings is 1. The first-order chi connectivity index (χ1) is 8.72. The summed E-state index contributed by atoms with van der Waals surface area (Å²) in [5.41, 5.74) is 6.15. The lowest BCUT2D eigenvalue weighted by Gasteiger charge is -2.03. The summed E-state index contributed by atoms with van der Waals surface area (Å²) in [7, 11) is 1.43. The zero-order valence-electron chi connectivity index (χ0n) is 10.0. The molecule has 0 atom stereocenters. The quantitative estimate of drug-likeness (QED) is 0.830. The molecule has 96 valence electrons. The highest BCUT2D eigenvalue weighted by atomic mass is 19.1. The van der Waals surface area contributed by atoms with Gasteiger partial charge in [0.05, 0.1) is 13.7 Å². The van der Waals surface area contributed by atoms with Crippen molar-refractivity contribution in [2.45, 2.75) is 13.0 Å². The van der Waals surface area contributed by atoms with Crippen LogP contribution >= 0.6 is 0 Å². The first-order valence-corrected chi connectivity index (χ1v) is 5.52. The van der Waals surface area contributed by atoms with Gasteiger partial charge in [-0.3, -0.25) is 0 Å². The topological polar surface area (TPSA) is 78.9 Å². The third-order valence-corrected chi connectivity index (χ3v) is 2.40. The van der Waals surface area contributed by atoms with Crippen LogP contribution in [0.4, 0.5) is 4.39 Å². The standard InChI is InChI=1S/C11H14FN5O/c1-18-10-3-2-8(6-9(10)12)7-11-14-16-17(15-11)5-4-13/h2-3,6H,4-5,7,13H2,1H3. The van der Waals surface area contributed by atoms with Gasteiger partial charge in [-0.05, 0) is 22.9 Å². The van der Waals surface area contributed by atoms with Gasteiger partial charge in [-0.15, -0.1) is 10.2 Å². The summed E-state index contributed by atoms with van der Waals surface area (Å²) in [6, 6.07) is 4.75.